The lowest BCUT2D eigenvalue weighted by Gasteiger charge is -2.12. The second-order valence-corrected chi connectivity index (χ2v) is 2.81. The number of pyridine rings is 1. The first-order chi connectivity index (χ1) is 6.50. The minimum absolute atomic E-state index is 0.123. The highest BCUT2D eigenvalue weighted by Crippen LogP contribution is 2.31. The molecule has 1 aromatic heterocycles. The first-order valence-electron chi connectivity index (χ1n) is 4.15. The second-order valence-electron chi connectivity index (χ2n) is 2.81. The molecule has 1 rings (SSSR count). The Morgan fingerprint density at radius 2 is 2.07 bits per heavy atom. The first-order valence-corrected chi connectivity index (χ1v) is 4.15. The summed E-state index contributed by atoms with van der Waals surface area (Å²) >= 11 is 0. The summed E-state index contributed by atoms with van der Waals surface area (Å²) in [7, 11) is 0. The van der Waals surface area contributed by atoms with Gasteiger partial charge in [-0.05, 0) is 18.1 Å². The standard InChI is InChI=1S/C9H10F3NO/c1-2-6-3-4-13-8(7(6)5-14)9(10,11)12/h3-4,14H,2,5H2,1H3. The molecular weight excluding hydrogens is 195 g/mol. The van der Waals surface area contributed by atoms with Gasteiger partial charge >= 0.3 is 6.18 Å². The number of hydrogen-bond donors (Lipinski definition) is 1. The summed E-state index contributed by atoms with van der Waals surface area (Å²) in [6.45, 7) is 1.10. The van der Waals surface area contributed by atoms with E-state index in [1.54, 1.807) is 6.92 Å². The fourth-order valence-electron chi connectivity index (χ4n) is 1.28. The lowest BCUT2D eigenvalue weighted by atomic mass is 10.0. The molecule has 78 valence electrons. The Morgan fingerprint density at radius 3 is 2.50 bits per heavy atom. The van der Waals surface area contributed by atoms with Crippen molar-refractivity contribution < 1.29 is 18.3 Å². The molecule has 0 aromatic carbocycles. The Morgan fingerprint density at radius 1 is 1.43 bits per heavy atom. The van der Waals surface area contributed by atoms with Crippen LogP contribution in [0.25, 0.3) is 0 Å². The van der Waals surface area contributed by atoms with E-state index in [-0.39, 0.29) is 5.56 Å². The third-order valence-corrected chi connectivity index (χ3v) is 1.96. The predicted molar refractivity (Wildman–Crippen MR) is 44.5 cm³/mol. The van der Waals surface area contributed by atoms with Crippen molar-refractivity contribution in [1.29, 1.82) is 0 Å². The molecule has 0 aliphatic heterocycles. The number of hydrogen-bond acceptors (Lipinski definition) is 2. The second kappa shape index (κ2) is 3.96. The highest BCUT2D eigenvalue weighted by atomic mass is 19.4. The van der Waals surface area contributed by atoms with Crippen LogP contribution in [0.3, 0.4) is 0 Å². The minimum atomic E-state index is -4.50. The van der Waals surface area contributed by atoms with E-state index in [4.69, 9.17) is 5.11 Å². The van der Waals surface area contributed by atoms with Crippen molar-refractivity contribution in [2.75, 3.05) is 0 Å². The van der Waals surface area contributed by atoms with Crippen molar-refractivity contribution in [3.05, 3.63) is 29.1 Å². The maximum absolute atomic E-state index is 12.4. The molecule has 0 atom stereocenters. The quantitative estimate of drug-likeness (QED) is 0.802. The maximum atomic E-state index is 12.4. The molecule has 0 saturated carbocycles. The van der Waals surface area contributed by atoms with Crippen LogP contribution in [0.1, 0.15) is 23.7 Å². The molecular formula is C9H10F3NO. The first kappa shape index (κ1) is 11.0. The van der Waals surface area contributed by atoms with Crippen LogP contribution in [0.2, 0.25) is 0 Å². The van der Waals surface area contributed by atoms with Gasteiger partial charge in [-0.15, -0.1) is 0 Å². The summed E-state index contributed by atoms with van der Waals surface area (Å²) < 4.78 is 37.1. The van der Waals surface area contributed by atoms with Crippen molar-refractivity contribution >= 4 is 0 Å². The molecule has 1 heterocycles. The normalized spacial score (nSPS) is 11.8. The number of halogens is 3. The molecule has 0 unspecified atom stereocenters. The van der Waals surface area contributed by atoms with Gasteiger partial charge in [0.05, 0.1) is 6.61 Å². The van der Waals surface area contributed by atoms with Gasteiger partial charge in [0.15, 0.2) is 0 Å². The number of rotatable bonds is 2. The molecule has 2 nitrogen and oxygen atoms in total. The summed E-state index contributed by atoms with van der Waals surface area (Å²) in [6, 6.07) is 1.49. The van der Waals surface area contributed by atoms with Crippen LogP contribution in [-0.2, 0) is 19.2 Å². The van der Waals surface area contributed by atoms with Crippen LogP contribution >= 0.6 is 0 Å². The van der Waals surface area contributed by atoms with E-state index in [0.29, 0.717) is 12.0 Å². The van der Waals surface area contributed by atoms with Crippen LogP contribution in [0.4, 0.5) is 13.2 Å². The summed E-state index contributed by atoms with van der Waals surface area (Å²) in [6.07, 6.45) is -2.94. The van der Waals surface area contributed by atoms with Crippen LogP contribution in [-0.4, -0.2) is 10.1 Å². The number of aryl methyl sites for hydroxylation is 1. The van der Waals surface area contributed by atoms with E-state index in [1.165, 1.54) is 6.07 Å². The predicted octanol–water partition coefficient (Wildman–Crippen LogP) is 2.16. The number of aliphatic hydroxyl groups excluding tert-OH is 1. The van der Waals surface area contributed by atoms with Gasteiger partial charge in [-0.3, -0.25) is 4.98 Å². The summed E-state index contributed by atoms with van der Waals surface area (Å²) in [4.78, 5) is 3.24. The van der Waals surface area contributed by atoms with E-state index in [0.717, 1.165) is 6.20 Å². The summed E-state index contributed by atoms with van der Waals surface area (Å²) in [5.41, 5.74) is -0.628. The number of aromatic nitrogens is 1. The molecule has 0 radical (unpaired) electrons. The average molecular weight is 205 g/mol. The zero-order chi connectivity index (χ0) is 10.8. The molecule has 0 saturated heterocycles. The SMILES string of the molecule is CCc1ccnc(C(F)(F)F)c1CO. The van der Waals surface area contributed by atoms with Gasteiger partial charge in [0.25, 0.3) is 0 Å². The van der Waals surface area contributed by atoms with Crippen molar-refractivity contribution in [2.45, 2.75) is 26.1 Å². The Hall–Kier alpha value is -1.10. The van der Waals surface area contributed by atoms with E-state index in [9.17, 15) is 13.2 Å². The van der Waals surface area contributed by atoms with Crippen LogP contribution in [0.5, 0.6) is 0 Å². The van der Waals surface area contributed by atoms with Gasteiger partial charge in [0.1, 0.15) is 5.69 Å². The molecule has 0 aliphatic rings. The van der Waals surface area contributed by atoms with Gasteiger partial charge in [0, 0.05) is 11.8 Å². The third-order valence-electron chi connectivity index (χ3n) is 1.96. The van der Waals surface area contributed by atoms with E-state index in [1.807, 2.05) is 0 Å². The molecule has 1 N–H and O–H groups in total. The monoisotopic (exact) mass is 205 g/mol. The molecule has 5 heteroatoms. The van der Waals surface area contributed by atoms with Crippen molar-refractivity contribution in [3.8, 4) is 0 Å². The van der Waals surface area contributed by atoms with Gasteiger partial charge in [0.2, 0.25) is 0 Å². The lowest BCUT2D eigenvalue weighted by Crippen LogP contribution is -2.13. The van der Waals surface area contributed by atoms with Crippen LogP contribution < -0.4 is 0 Å². The average Bonchev–Trinajstić information content (AvgIpc) is 2.15. The smallest absolute Gasteiger partial charge is 0.392 e. The Balaban J connectivity index is 3.29. The maximum Gasteiger partial charge on any atom is 0.433 e. The number of nitrogens with zero attached hydrogens (tertiary/aromatic N) is 1. The van der Waals surface area contributed by atoms with Crippen LogP contribution in [0, 0.1) is 0 Å². The van der Waals surface area contributed by atoms with Crippen LogP contribution in [0.15, 0.2) is 12.3 Å². The van der Waals surface area contributed by atoms with E-state index in [2.05, 4.69) is 4.98 Å². The van der Waals surface area contributed by atoms with Crippen molar-refractivity contribution in [2.24, 2.45) is 0 Å². The number of alkyl halides is 3. The third kappa shape index (κ3) is 2.04. The topological polar surface area (TPSA) is 33.1 Å². The van der Waals surface area contributed by atoms with Crippen molar-refractivity contribution in [3.63, 3.8) is 0 Å². The molecule has 0 aliphatic carbocycles. The fraction of sp³-hybridized carbons (Fsp3) is 0.444. The highest BCUT2D eigenvalue weighted by Gasteiger charge is 2.35. The molecule has 0 spiro atoms. The largest absolute Gasteiger partial charge is 0.433 e. The van der Waals surface area contributed by atoms with Gasteiger partial charge in [-0.1, -0.05) is 6.92 Å². The van der Waals surface area contributed by atoms with E-state index >= 15 is 0 Å². The van der Waals surface area contributed by atoms with Gasteiger partial charge in [-0.25, -0.2) is 0 Å². The van der Waals surface area contributed by atoms with E-state index < -0.39 is 18.5 Å². The summed E-state index contributed by atoms with van der Waals surface area (Å²) in [5.74, 6) is 0. The van der Waals surface area contributed by atoms with Crippen molar-refractivity contribution in [1.82, 2.24) is 4.98 Å². The Labute approximate surface area is 79.4 Å². The molecule has 1 aromatic rings. The number of aliphatic hydroxyl groups is 1. The van der Waals surface area contributed by atoms with Gasteiger partial charge in [-0.2, -0.15) is 13.2 Å². The zero-order valence-corrected chi connectivity index (χ0v) is 7.60. The molecule has 0 amide bonds. The summed E-state index contributed by atoms with van der Waals surface area (Å²) in [5, 5.41) is 8.85. The zero-order valence-electron chi connectivity index (χ0n) is 7.60. The highest BCUT2D eigenvalue weighted by molar-refractivity contribution is 5.31. The Bertz CT molecular complexity index is 322. The molecule has 0 bridgehead atoms. The fourth-order valence-corrected chi connectivity index (χ4v) is 1.28. The minimum Gasteiger partial charge on any atom is -0.392 e. The molecule has 14 heavy (non-hydrogen) atoms. The molecule has 0 fully saturated rings. The van der Waals surface area contributed by atoms with Gasteiger partial charge < -0.3 is 5.11 Å². The Kier molecular flexibility index (Phi) is 3.10. The lowest BCUT2D eigenvalue weighted by molar-refractivity contribution is -0.142.